The summed E-state index contributed by atoms with van der Waals surface area (Å²) in [5, 5.41) is 2.43. The molecule has 2 aliphatic carbocycles. The highest BCUT2D eigenvalue weighted by Crippen LogP contribution is 2.40. The van der Waals surface area contributed by atoms with Gasteiger partial charge in [-0.1, -0.05) is 146 Å². The molecule has 0 aliphatic heterocycles. The van der Waals surface area contributed by atoms with E-state index >= 15 is 0 Å². The maximum absolute atomic E-state index is 12.1. The van der Waals surface area contributed by atoms with Crippen LogP contribution < -0.4 is 28.4 Å². The molecule has 0 saturated heterocycles. The van der Waals surface area contributed by atoms with E-state index in [1.54, 1.807) is 94.1 Å². The van der Waals surface area contributed by atoms with E-state index < -0.39 is 39.0 Å². The van der Waals surface area contributed by atoms with Crippen molar-refractivity contribution in [1.82, 2.24) is 0 Å². The van der Waals surface area contributed by atoms with Crippen molar-refractivity contribution in [3.8, 4) is 34.5 Å². The number of esters is 2. The average molecular weight is 1440 g/mol. The number of hydrogen-bond acceptors (Lipinski definition) is 17. The van der Waals surface area contributed by atoms with Gasteiger partial charge in [0.15, 0.2) is 18.9 Å². The summed E-state index contributed by atoms with van der Waals surface area (Å²) in [6, 6.07) is 50.7. The lowest BCUT2D eigenvalue weighted by atomic mass is 9.87. The van der Waals surface area contributed by atoms with Gasteiger partial charge in [0, 0.05) is 16.0 Å². The van der Waals surface area contributed by atoms with Crippen LogP contribution in [0.1, 0.15) is 197 Å². The SMILES string of the molecule is CC(OCCOS(=O)(=O)c1ccccc1)Oc1ccc2c(c1)CC(C)C2C.CCC(C)(C)C(=O)Oc1ccc(OC(=O)OC(C)(C)C)cc1.CCC(C)(C)C(=O)Oc1ccc(OC(C)OCCC2CCCCC2)cc1.CCC(C)c1ccc(OC(C)OCCSc2ccccc2)c2ccccc12. The van der Waals surface area contributed by atoms with Crippen LogP contribution in [-0.2, 0) is 49.3 Å². The smallest absolute Gasteiger partial charge is 0.465 e. The molecule has 9 rings (SSSR count). The van der Waals surface area contributed by atoms with Crippen molar-refractivity contribution in [2.45, 2.75) is 221 Å². The minimum atomic E-state index is -3.76. The van der Waals surface area contributed by atoms with Gasteiger partial charge in [0.1, 0.15) is 40.1 Å². The summed E-state index contributed by atoms with van der Waals surface area (Å²) in [6.07, 6.45) is 9.70. The molecular weight excluding hydrogens is 1330 g/mol. The molecule has 102 heavy (non-hydrogen) atoms. The van der Waals surface area contributed by atoms with Gasteiger partial charge < -0.3 is 47.4 Å². The van der Waals surface area contributed by atoms with E-state index in [4.69, 9.17) is 51.6 Å². The molecule has 6 atom stereocenters. The number of carbonyl (C=O) groups is 3. The first-order valence-electron chi connectivity index (χ1n) is 36.2. The Balaban J connectivity index is 0.000000215. The molecule has 1 saturated carbocycles. The van der Waals surface area contributed by atoms with E-state index in [1.807, 2.05) is 79.7 Å². The van der Waals surface area contributed by atoms with Crippen LogP contribution in [0.3, 0.4) is 0 Å². The summed E-state index contributed by atoms with van der Waals surface area (Å²) in [6.45, 7) is 32.7. The Kier molecular flexibility index (Phi) is 33.7. The number of hydrogen-bond donors (Lipinski definition) is 0. The Bertz CT molecular complexity index is 3750. The van der Waals surface area contributed by atoms with Gasteiger partial charge >= 0.3 is 18.1 Å². The van der Waals surface area contributed by atoms with Crippen molar-refractivity contribution in [2.75, 3.05) is 32.2 Å². The number of rotatable bonds is 30. The van der Waals surface area contributed by atoms with E-state index in [-0.39, 0.29) is 42.6 Å². The van der Waals surface area contributed by atoms with Gasteiger partial charge in [0.05, 0.1) is 42.2 Å². The van der Waals surface area contributed by atoms with Crippen molar-refractivity contribution < 1.29 is 74.4 Å². The van der Waals surface area contributed by atoms with E-state index in [0.717, 1.165) is 60.8 Å². The molecule has 0 radical (unpaired) electrons. The number of benzene rings is 7. The lowest BCUT2D eigenvalue weighted by Crippen LogP contribution is -2.28. The van der Waals surface area contributed by atoms with Crippen LogP contribution >= 0.6 is 11.8 Å². The van der Waals surface area contributed by atoms with E-state index in [2.05, 4.69) is 100 Å². The zero-order valence-corrected chi connectivity index (χ0v) is 64.7. The maximum Gasteiger partial charge on any atom is 0.514 e. The van der Waals surface area contributed by atoms with Gasteiger partial charge in [-0.25, -0.2) is 4.79 Å². The lowest BCUT2D eigenvalue weighted by molar-refractivity contribution is -0.144. The molecule has 0 heterocycles. The fraction of sp³-hybridized carbons (Fsp3) is 0.488. The van der Waals surface area contributed by atoms with Crippen molar-refractivity contribution in [2.24, 2.45) is 22.7 Å². The third-order valence-electron chi connectivity index (χ3n) is 18.2. The summed E-state index contributed by atoms with van der Waals surface area (Å²) in [5.41, 5.74) is 2.48. The van der Waals surface area contributed by atoms with Crippen LogP contribution in [0, 0.1) is 22.7 Å². The van der Waals surface area contributed by atoms with E-state index in [9.17, 15) is 22.8 Å². The molecule has 1 fully saturated rings. The monoisotopic (exact) mass is 1440 g/mol. The average Bonchev–Trinajstić information content (AvgIpc) is 1.30. The molecule has 18 heteroatoms. The third kappa shape index (κ3) is 28.3. The molecular formula is C84H112O16S2. The largest absolute Gasteiger partial charge is 0.514 e. The van der Waals surface area contributed by atoms with E-state index in [0.29, 0.717) is 53.8 Å². The second-order valence-corrected chi connectivity index (χ2v) is 31.1. The Hall–Kier alpha value is -7.45. The summed E-state index contributed by atoms with van der Waals surface area (Å²) in [7, 11) is -3.76. The van der Waals surface area contributed by atoms with Crippen molar-refractivity contribution >= 4 is 50.7 Å². The fourth-order valence-electron chi connectivity index (χ4n) is 10.9. The van der Waals surface area contributed by atoms with Crippen molar-refractivity contribution in [3.63, 3.8) is 0 Å². The van der Waals surface area contributed by atoms with Gasteiger partial charge in [-0.05, 0) is 238 Å². The summed E-state index contributed by atoms with van der Waals surface area (Å²) in [5.74, 6) is 6.60. The quantitative estimate of drug-likeness (QED) is 0.00786. The number of ether oxygens (including phenoxy) is 10. The second kappa shape index (κ2) is 41.1. The van der Waals surface area contributed by atoms with E-state index in [1.165, 1.54) is 71.2 Å². The Labute approximate surface area is 612 Å². The molecule has 16 nitrogen and oxygen atoms in total. The Morgan fingerprint density at radius 3 is 1.60 bits per heavy atom. The molecule has 2 aliphatic rings. The first-order valence-corrected chi connectivity index (χ1v) is 38.6. The molecule has 556 valence electrons. The zero-order valence-electron chi connectivity index (χ0n) is 63.1. The first kappa shape index (κ1) is 83.5. The topological polar surface area (TPSA) is 187 Å². The highest BCUT2D eigenvalue weighted by molar-refractivity contribution is 7.99. The molecule has 0 N–H and O–H groups in total. The second-order valence-electron chi connectivity index (χ2n) is 28.3. The highest BCUT2D eigenvalue weighted by atomic mass is 32.2. The molecule has 0 spiro atoms. The van der Waals surface area contributed by atoms with Crippen LogP contribution in [0.25, 0.3) is 10.8 Å². The normalized spacial score (nSPS) is 15.8. The van der Waals surface area contributed by atoms with Crippen LogP contribution in [-0.4, -0.2) is 83.2 Å². The number of thioether (sulfide) groups is 1. The van der Waals surface area contributed by atoms with Crippen molar-refractivity contribution in [3.05, 3.63) is 180 Å². The molecule has 0 aromatic heterocycles. The van der Waals surface area contributed by atoms with Gasteiger partial charge in [-0.15, -0.1) is 11.8 Å². The molecule has 6 unspecified atom stereocenters. The van der Waals surface area contributed by atoms with Crippen LogP contribution in [0.5, 0.6) is 34.5 Å². The predicted octanol–water partition coefficient (Wildman–Crippen LogP) is 21.1. The van der Waals surface area contributed by atoms with Crippen LogP contribution in [0.2, 0.25) is 0 Å². The fourth-order valence-corrected chi connectivity index (χ4v) is 12.6. The van der Waals surface area contributed by atoms with Crippen molar-refractivity contribution in [1.29, 1.82) is 0 Å². The highest BCUT2D eigenvalue weighted by Gasteiger charge is 2.30. The number of carbonyl (C=O) groups excluding carboxylic acids is 3. The minimum Gasteiger partial charge on any atom is -0.465 e. The summed E-state index contributed by atoms with van der Waals surface area (Å²) >= 11 is 1.80. The molecule has 7 aromatic carbocycles. The molecule has 0 amide bonds. The number of fused-ring (bicyclic) bond motifs is 2. The Morgan fingerprint density at radius 1 is 0.529 bits per heavy atom. The minimum absolute atomic E-state index is 0.0653. The Morgan fingerprint density at radius 2 is 1.03 bits per heavy atom. The molecule has 0 bridgehead atoms. The first-order chi connectivity index (χ1) is 48.5. The summed E-state index contributed by atoms with van der Waals surface area (Å²) in [4.78, 5) is 37.0. The maximum atomic E-state index is 12.1. The van der Waals surface area contributed by atoms with Gasteiger partial charge in [0.25, 0.3) is 10.1 Å². The zero-order chi connectivity index (χ0) is 74.5. The third-order valence-corrected chi connectivity index (χ3v) is 20.6. The molecule has 7 aromatic rings. The van der Waals surface area contributed by atoms with Crippen LogP contribution in [0.4, 0.5) is 4.79 Å². The van der Waals surface area contributed by atoms with Crippen LogP contribution in [0.15, 0.2) is 174 Å². The predicted molar refractivity (Wildman–Crippen MR) is 406 cm³/mol. The van der Waals surface area contributed by atoms with Gasteiger partial charge in [-0.2, -0.15) is 8.42 Å². The summed E-state index contributed by atoms with van der Waals surface area (Å²) < 4.78 is 84.8. The lowest BCUT2D eigenvalue weighted by Gasteiger charge is -2.22. The van der Waals surface area contributed by atoms with Gasteiger partial charge in [0.2, 0.25) is 0 Å². The standard InChI is InChI=1S/C24H28O2S.C22H34O4.C21H26O5S.C17H24O5/c1-4-18(2)21-14-15-24(23-13-9-8-12-22(21)23)26-19(3)25-16-17-27-20-10-6-5-7-11-20;1-5-22(3,4)21(23)26-20-13-11-19(12-14-20)25-17(2)24-16-15-18-9-7-6-8-10-18;1-15-13-18-14-19(9-10-21(18)16(15)2)26-17(3)24-11-12-25-27(22,23)20-7-5-4-6-8-20;1-7-17(5,6)14(18)20-12-8-10-13(11-9-12)21-15(19)22-16(2,3)4/h5-15,18-19H,4,16-17H2,1-3H3;11-14,17-18H,5-10,15-16H2,1-4H3;4-10,14-17H,11-13H2,1-3H3;8-11H,7H2,1-6H3. The van der Waals surface area contributed by atoms with Gasteiger partial charge in [-0.3, -0.25) is 13.8 Å².